The van der Waals surface area contributed by atoms with Crippen molar-refractivity contribution in [1.82, 2.24) is 10.6 Å². The highest BCUT2D eigenvalue weighted by Gasteiger charge is 2.13. The van der Waals surface area contributed by atoms with Crippen molar-refractivity contribution in [1.29, 1.82) is 0 Å². The molecule has 0 spiro atoms. The van der Waals surface area contributed by atoms with Crippen molar-refractivity contribution in [3.63, 3.8) is 0 Å². The van der Waals surface area contributed by atoms with E-state index in [1.807, 2.05) is 36.4 Å². The SMILES string of the molecule is O=CNCCCNC(=O)C(=O)Nc1cccc2ccccc12. The van der Waals surface area contributed by atoms with Crippen LogP contribution in [0.25, 0.3) is 10.8 Å². The van der Waals surface area contributed by atoms with Gasteiger partial charge in [0.05, 0.1) is 0 Å². The minimum atomic E-state index is -0.709. The number of carbonyl (C=O) groups is 3. The fraction of sp³-hybridized carbons (Fsp3) is 0.188. The second-order valence-electron chi connectivity index (χ2n) is 4.66. The highest BCUT2D eigenvalue weighted by molar-refractivity contribution is 6.40. The topological polar surface area (TPSA) is 87.3 Å². The Hall–Kier alpha value is -2.89. The number of amides is 3. The molecule has 22 heavy (non-hydrogen) atoms. The molecule has 2 aromatic carbocycles. The summed E-state index contributed by atoms with van der Waals surface area (Å²) in [5.41, 5.74) is 0.598. The van der Waals surface area contributed by atoms with Crippen molar-refractivity contribution in [3.05, 3.63) is 42.5 Å². The maximum Gasteiger partial charge on any atom is 0.313 e. The predicted octanol–water partition coefficient (Wildman–Crippen LogP) is 1.03. The molecule has 0 radical (unpaired) electrons. The molecule has 2 aromatic rings. The van der Waals surface area contributed by atoms with Crippen LogP contribution in [0.5, 0.6) is 0 Å². The monoisotopic (exact) mass is 299 g/mol. The van der Waals surface area contributed by atoms with E-state index < -0.39 is 11.8 Å². The number of anilines is 1. The summed E-state index contributed by atoms with van der Waals surface area (Å²) in [7, 11) is 0. The fourth-order valence-electron chi connectivity index (χ4n) is 2.05. The van der Waals surface area contributed by atoms with E-state index >= 15 is 0 Å². The summed E-state index contributed by atoms with van der Waals surface area (Å²) in [4.78, 5) is 33.6. The lowest BCUT2D eigenvalue weighted by molar-refractivity contribution is -0.136. The summed E-state index contributed by atoms with van der Waals surface area (Å²) in [6.45, 7) is 0.775. The van der Waals surface area contributed by atoms with Gasteiger partial charge in [0.15, 0.2) is 0 Å². The quantitative estimate of drug-likeness (QED) is 0.423. The Morgan fingerprint density at radius 2 is 1.73 bits per heavy atom. The largest absolute Gasteiger partial charge is 0.359 e. The normalized spacial score (nSPS) is 10.0. The van der Waals surface area contributed by atoms with Gasteiger partial charge in [-0.3, -0.25) is 14.4 Å². The van der Waals surface area contributed by atoms with Crippen molar-refractivity contribution in [2.24, 2.45) is 0 Å². The maximum atomic E-state index is 11.9. The summed E-state index contributed by atoms with van der Waals surface area (Å²) < 4.78 is 0. The number of fused-ring (bicyclic) bond motifs is 1. The number of nitrogens with one attached hydrogen (secondary N) is 3. The molecule has 6 heteroatoms. The number of rotatable bonds is 6. The van der Waals surface area contributed by atoms with Crippen molar-refractivity contribution >= 4 is 34.7 Å². The highest BCUT2D eigenvalue weighted by Crippen LogP contribution is 2.22. The average Bonchev–Trinajstić information content (AvgIpc) is 2.54. The number of carbonyl (C=O) groups excluding carboxylic acids is 3. The van der Waals surface area contributed by atoms with Gasteiger partial charge in [0.1, 0.15) is 0 Å². The van der Waals surface area contributed by atoms with Crippen LogP contribution in [-0.2, 0) is 14.4 Å². The van der Waals surface area contributed by atoms with Gasteiger partial charge in [-0.15, -0.1) is 0 Å². The molecular formula is C16H17N3O3. The Morgan fingerprint density at radius 1 is 0.955 bits per heavy atom. The van der Waals surface area contributed by atoms with Crippen LogP contribution in [0.1, 0.15) is 6.42 Å². The van der Waals surface area contributed by atoms with Crippen LogP contribution in [0, 0.1) is 0 Å². The van der Waals surface area contributed by atoms with Gasteiger partial charge in [-0.2, -0.15) is 0 Å². The summed E-state index contributed by atoms with van der Waals surface area (Å²) in [6, 6.07) is 13.1. The number of benzene rings is 2. The average molecular weight is 299 g/mol. The Labute approximate surface area is 127 Å². The highest BCUT2D eigenvalue weighted by atomic mass is 16.2. The second-order valence-corrected chi connectivity index (χ2v) is 4.66. The molecule has 3 N–H and O–H groups in total. The molecule has 0 fully saturated rings. The lowest BCUT2D eigenvalue weighted by atomic mass is 10.1. The first-order valence-electron chi connectivity index (χ1n) is 6.96. The van der Waals surface area contributed by atoms with Gasteiger partial charge in [0, 0.05) is 24.2 Å². The van der Waals surface area contributed by atoms with E-state index in [1.165, 1.54) is 0 Å². The van der Waals surface area contributed by atoms with E-state index in [4.69, 9.17) is 0 Å². The third kappa shape index (κ3) is 4.05. The molecule has 0 aliphatic heterocycles. The first-order valence-corrected chi connectivity index (χ1v) is 6.96. The zero-order valence-corrected chi connectivity index (χ0v) is 12.0. The summed E-state index contributed by atoms with van der Waals surface area (Å²) in [5, 5.41) is 9.46. The van der Waals surface area contributed by atoms with Gasteiger partial charge < -0.3 is 16.0 Å². The third-order valence-corrected chi connectivity index (χ3v) is 3.11. The van der Waals surface area contributed by atoms with Gasteiger partial charge in [-0.25, -0.2) is 0 Å². The van der Waals surface area contributed by atoms with Gasteiger partial charge in [-0.05, 0) is 17.9 Å². The Balaban J connectivity index is 1.93. The van der Waals surface area contributed by atoms with E-state index in [2.05, 4.69) is 16.0 Å². The molecule has 114 valence electrons. The van der Waals surface area contributed by atoms with Gasteiger partial charge in [-0.1, -0.05) is 36.4 Å². The fourth-order valence-corrected chi connectivity index (χ4v) is 2.05. The van der Waals surface area contributed by atoms with Crippen LogP contribution < -0.4 is 16.0 Å². The minimum Gasteiger partial charge on any atom is -0.359 e. The van der Waals surface area contributed by atoms with Crippen LogP contribution in [0.15, 0.2) is 42.5 Å². The summed E-state index contributed by atoms with van der Waals surface area (Å²) in [5.74, 6) is -1.40. The molecule has 3 amide bonds. The van der Waals surface area contributed by atoms with E-state index in [1.54, 1.807) is 6.07 Å². The van der Waals surface area contributed by atoms with Crippen molar-refractivity contribution in [3.8, 4) is 0 Å². The zero-order chi connectivity index (χ0) is 15.8. The predicted molar refractivity (Wildman–Crippen MR) is 84.3 cm³/mol. The van der Waals surface area contributed by atoms with Crippen molar-refractivity contribution in [2.75, 3.05) is 18.4 Å². The Bertz CT molecular complexity index is 680. The molecule has 0 saturated carbocycles. The van der Waals surface area contributed by atoms with Crippen LogP contribution in [-0.4, -0.2) is 31.3 Å². The molecular weight excluding hydrogens is 282 g/mol. The molecule has 0 bridgehead atoms. The molecule has 0 atom stereocenters. The molecule has 0 heterocycles. The first kappa shape index (κ1) is 15.5. The molecule has 6 nitrogen and oxygen atoms in total. The van der Waals surface area contributed by atoms with Gasteiger partial charge >= 0.3 is 11.8 Å². The van der Waals surface area contributed by atoms with Gasteiger partial charge in [0.25, 0.3) is 0 Å². The van der Waals surface area contributed by atoms with Crippen LogP contribution in [0.4, 0.5) is 5.69 Å². The van der Waals surface area contributed by atoms with Crippen molar-refractivity contribution < 1.29 is 14.4 Å². The van der Waals surface area contributed by atoms with Crippen LogP contribution in [0.3, 0.4) is 0 Å². The van der Waals surface area contributed by atoms with Gasteiger partial charge in [0.2, 0.25) is 6.41 Å². The van der Waals surface area contributed by atoms with E-state index in [9.17, 15) is 14.4 Å². The lowest BCUT2D eigenvalue weighted by Crippen LogP contribution is -2.36. The molecule has 0 saturated heterocycles. The molecule has 0 aromatic heterocycles. The third-order valence-electron chi connectivity index (χ3n) is 3.11. The molecule has 2 rings (SSSR count). The number of hydrogen-bond donors (Lipinski definition) is 3. The Kier molecular flexibility index (Phi) is 5.48. The van der Waals surface area contributed by atoms with Crippen LogP contribution >= 0.6 is 0 Å². The summed E-state index contributed by atoms with van der Waals surface area (Å²) in [6.07, 6.45) is 1.15. The minimum absolute atomic E-state index is 0.322. The smallest absolute Gasteiger partial charge is 0.313 e. The van der Waals surface area contributed by atoms with E-state index in [0.717, 1.165) is 10.8 Å². The lowest BCUT2D eigenvalue weighted by Gasteiger charge is -2.09. The second kappa shape index (κ2) is 7.78. The zero-order valence-electron chi connectivity index (χ0n) is 12.0. The number of hydrogen-bond acceptors (Lipinski definition) is 3. The Morgan fingerprint density at radius 3 is 2.55 bits per heavy atom. The maximum absolute atomic E-state index is 11.9. The van der Waals surface area contributed by atoms with Crippen molar-refractivity contribution in [2.45, 2.75) is 6.42 Å². The van der Waals surface area contributed by atoms with E-state index in [-0.39, 0.29) is 0 Å². The molecule has 0 unspecified atom stereocenters. The summed E-state index contributed by atoms with van der Waals surface area (Å²) >= 11 is 0. The molecule has 0 aliphatic carbocycles. The van der Waals surface area contributed by atoms with Crippen LogP contribution in [0.2, 0.25) is 0 Å². The van der Waals surface area contributed by atoms with E-state index in [0.29, 0.717) is 31.6 Å². The first-order chi connectivity index (χ1) is 10.7. The molecule has 0 aliphatic rings. The standard InChI is InChI=1S/C16H17N3O3/c20-11-17-9-4-10-18-15(21)16(22)19-14-8-3-6-12-5-1-2-7-13(12)14/h1-3,5-8,11H,4,9-10H2,(H,17,20)(H,18,21)(H,19,22).